The number of ether oxygens (including phenoxy) is 1. The quantitative estimate of drug-likeness (QED) is 0.815. The summed E-state index contributed by atoms with van der Waals surface area (Å²) in [5, 5.41) is 5.83. The van der Waals surface area contributed by atoms with Gasteiger partial charge in [-0.25, -0.2) is 0 Å². The van der Waals surface area contributed by atoms with E-state index in [1.807, 2.05) is 11.3 Å². The molecule has 2 atom stereocenters. The third-order valence-corrected chi connectivity index (χ3v) is 5.04. The van der Waals surface area contributed by atoms with E-state index in [2.05, 4.69) is 39.6 Å². The Morgan fingerprint density at radius 3 is 3.11 bits per heavy atom. The first kappa shape index (κ1) is 14.5. The molecule has 0 saturated carbocycles. The Morgan fingerprint density at radius 2 is 2.50 bits per heavy atom. The van der Waals surface area contributed by atoms with Gasteiger partial charge in [-0.2, -0.15) is 0 Å². The molecule has 1 N–H and O–H groups in total. The second-order valence-corrected chi connectivity index (χ2v) is 6.87. The van der Waals surface area contributed by atoms with Crippen molar-refractivity contribution in [1.29, 1.82) is 0 Å². The van der Waals surface area contributed by atoms with E-state index in [9.17, 15) is 0 Å². The van der Waals surface area contributed by atoms with Crippen molar-refractivity contribution in [2.24, 2.45) is 0 Å². The lowest BCUT2D eigenvalue weighted by Gasteiger charge is -2.21. The highest BCUT2D eigenvalue weighted by Crippen LogP contribution is 2.24. The number of hydrogen-bond acceptors (Lipinski definition) is 3. The van der Waals surface area contributed by atoms with Gasteiger partial charge in [0.1, 0.15) is 0 Å². The first-order chi connectivity index (χ1) is 8.78. The van der Waals surface area contributed by atoms with E-state index in [4.69, 9.17) is 4.74 Å². The number of nitrogens with one attached hydrogen (secondary N) is 1. The van der Waals surface area contributed by atoms with Crippen molar-refractivity contribution < 1.29 is 4.74 Å². The predicted octanol–water partition coefficient (Wildman–Crippen LogP) is 3.99. The minimum atomic E-state index is 0.475. The standard InChI is InChI=1S/C14H22BrNOS/c1-2-5-16-12(8-13-4-3-6-17-13)9-14-7-11(15)10-18-14/h7,10,12-13,16H,2-6,8-9H2,1H3. The van der Waals surface area contributed by atoms with E-state index in [1.165, 1.54) is 28.6 Å². The van der Waals surface area contributed by atoms with Gasteiger partial charge in [0.15, 0.2) is 0 Å². The molecule has 1 fully saturated rings. The number of thiophene rings is 1. The highest BCUT2D eigenvalue weighted by molar-refractivity contribution is 9.10. The van der Waals surface area contributed by atoms with Gasteiger partial charge in [-0.15, -0.1) is 11.3 Å². The Morgan fingerprint density at radius 1 is 1.61 bits per heavy atom. The lowest BCUT2D eigenvalue weighted by molar-refractivity contribution is 0.0946. The van der Waals surface area contributed by atoms with E-state index < -0.39 is 0 Å². The molecule has 102 valence electrons. The van der Waals surface area contributed by atoms with Gasteiger partial charge in [-0.1, -0.05) is 6.92 Å². The van der Waals surface area contributed by atoms with Crippen LogP contribution in [0.1, 0.15) is 37.5 Å². The summed E-state index contributed by atoms with van der Waals surface area (Å²) in [6.07, 6.45) is 6.40. The molecule has 0 bridgehead atoms. The fourth-order valence-electron chi connectivity index (χ4n) is 2.44. The Balaban J connectivity index is 1.86. The van der Waals surface area contributed by atoms with Crippen LogP contribution in [-0.4, -0.2) is 25.3 Å². The Hall–Kier alpha value is 0.1000. The highest BCUT2D eigenvalue weighted by atomic mass is 79.9. The third kappa shape index (κ3) is 4.65. The molecule has 2 rings (SSSR count). The molecular formula is C14H22BrNOS. The largest absolute Gasteiger partial charge is 0.378 e. The van der Waals surface area contributed by atoms with Crippen molar-refractivity contribution in [3.63, 3.8) is 0 Å². The maximum atomic E-state index is 5.76. The zero-order valence-electron chi connectivity index (χ0n) is 11.0. The number of halogens is 1. The topological polar surface area (TPSA) is 21.3 Å². The highest BCUT2D eigenvalue weighted by Gasteiger charge is 2.21. The van der Waals surface area contributed by atoms with Crippen molar-refractivity contribution in [1.82, 2.24) is 5.32 Å². The SMILES string of the molecule is CCCNC(Cc1cc(Br)cs1)CC1CCCO1. The molecular weight excluding hydrogens is 310 g/mol. The summed E-state index contributed by atoms with van der Waals surface area (Å²) in [6.45, 7) is 4.28. The van der Waals surface area contributed by atoms with Crippen LogP contribution in [0.25, 0.3) is 0 Å². The van der Waals surface area contributed by atoms with Crippen molar-refractivity contribution in [3.8, 4) is 0 Å². The van der Waals surface area contributed by atoms with Crippen LogP contribution in [0.4, 0.5) is 0 Å². The van der Waals surface area contributed by atoms with E-state index >= 15 is 0 Å². The van der Waals surface area contributed by atoms with E-state index in [0.29, 0.717) is 12.1 Å². The summed E-state index contributed by atoms with van der Waals surface area (Å²) < 4.78 is 6.96. The van der Waals surface area contributed by atoms with Gasteiger partial charge in [-0.3, -0.25) is 0 Å². The van der Waals surface area contributed by atoms with Crippen LogP contribution in [0.3, 0.4) is 0 Å². The molecule has 1 aliphatic heterocycles. The summed E-state index contributed by atoms with van der Waals surface area (Å²) in [4.78, 5) is 1.45. The minimum absolute atomic E-state index is 0.475. The van der Waals surface area contributed by atoms with Crippen LogP contribution in [-0.2, 0) is 11.2 Å². The Labute approximate surface area is 122 Å². The lowest BCUT2D eigenvalue weighted by atomic mass is 10.0. The van der Waals surface area contributed by atoms with Crippen LogP contribution in [0, 0.1) is 0 Å². The zero-order valence-corrected chi connectivity index (χ0v) is 13.4. The first-order valence-corrected chi connectivity index (χ1v) is 8.53. The maximum Gasteiger partial charge on any atom is 0.0590 e. The van der Waals surface area contributed by atoms with E-state index in [1.54, 1.807) is 0 Å². The van der Waals surface area contributed by atoms with Gasteiger partial charge in [0, 0.05) is 27.4 Å². The smallest absolute Gasteiger partial charge is 0.0590 e. The monoisotopic (exact) mass is 331 g/mol. The molecule has 1 aromatic rings. The number of rotatable bonds is 7. The summed E-state index contributed by atoms with van der Waals surface area (Å²) in [6, 6.07) is 2.79. The van der Waals surface area contributed by atoms with Gasteiger partial charge in [0.25, 0.3) is 0 Å². The molecule has 0 aliphatic carbocycles. The lowest BCUT2D eigenvalue weighted by Crippen LogP contribution is -2.34. The van der Waals surface area contributed by atoms with E-state index in [0.717, 1.165) is 26.0 Å². The Kier molecular flexibility index (Phi) is 6.15. The molecule has 0 radical (unpaired) electrons. The molecule has 1 aromatic heterocycles. The number of hydrogen-bond donors (Lipinski definition) is 1. The molecule has 1 aliphatic rings. The van der Waals surface area contributed by atoms with Crippen molar-refractivity contribution >= 4 is 27.3 Å². The van der Waals surface area contributed by atoms with Crippen LogP contribution < -0.4 is 5.32 Å². The van der Waals surface area contributed by atoms with Crippen LogP contribution in [0.15, 0.2) is 15.9 Å². The molecule has 18 heavy (non-hydrogen) atoms. The second kappa shape index (κ2) is 7.63. The van der Waals surface area contributed by atoms with E-state index in [-0.39, 0.29) is 0 Å². The third-order valence-electron chi connectivity index (χ3n) is 3.32. The maximum absolute atomic E-state index is 5.76. The molecule has 4 heteroatoms. The molecule has 0 amide bonds. The molecule has 1 saturated heterocycles. The predicted molar refractivity (Wildman–Crippen MR) is 81.4 cm³/mol. The average molecular weight is 332 g/mol. The summed E-state index contributed by atoms with van der Waals surface area (Å²) >= 11 is 5.37. The van der Waals surface area contributed by atoms with Gasteiger partial charge in [-0.05, 0) is 60.6 Å². The van der Waals surface area contributed by atoms with Crippen LogP contribution >= 0.6 is 27.3 Å². The van der Waals surface area contributed by atoms with Crippen LogP contribution in [0.2, 0.25) is 0 Å². The average Bonchev–Trinajstić information content (AvgIpc) is 2.98. The minimum Gasteiger partial charge on any atom is -0.378 e. The molecule has 2 heterocycles. The first-order valence-electron chi connectivity index (χ1n) is 6.86. The fourth-order valence-corrected chi connectivity index (χ4v) is 3.97. The summed E-state index contributed by atoms with van der Waals surface area (Å²) in [5.74, 6) is 0. The fraction of sp³-hybridized carbons (Fsp3) is 0.714. The Bertz CT molecular complexity index is 349. The zero-order chi connectivity index (χ0) is 12.8. The molecule has 0 spiro atoms. The normalized spacial score (nSPS) is 21.3. The molecule has 2 unspecified atom stereocenters. The van der Waals surface area contributed by atoms with Crippen molar-refractivity contribution in [2.75, 3.05) is 13.2 Å². The van der Waals surface area contributed by atoms with Crippen LogP contribution in [0.5, 0.6) is 0 Å². The molecule has 0 aromatic carbocycles. The molecule has 2 nitrogen and oxygen atoms in total. The van der Waals surface area contributed by atoms with Crippen molar-refractivity contribution in [2.45, 2.75) is 51.2 Å². The van der Waals surface area contributed by atoms with Gasteiger partial charge < -0.3 is 10.1 Å². The van der Waals surface area contributed by atoms with Gasteiger partial charge in [0.2, 0.25) is 0 Å². The van der Waals surface area contributed by atoms with Gasteiger partial charge >= 0.3 is 0 Å². The van der Waals surface area contributed by atoms with Gasteiger partial charge in [0.05, 0.1) is 6.10 Å². The second-order valence-electron chi connectivity index (χ2n) is 4.96. The summed E-state index contributed by atoms with van der Waals surface area (Å²) in [5.41, 5.74) is 0. The summed E-state index contributed by atoms with van der Waals surface area (Å²) in [7, 11) is 0. The van der Waals surface area contributed by atoms with Crippen molar-refractivity contribution in [3.05, 3.63) is 20.8 Å².